The highest BCUT2D eigenvalue weighted by molar-refractivity contribution is 5.05. The molecule has 0 saturated carbocycles. The minimum Gasteiger partial charge on any atom is -0.394 e. The van der Waals surface area contributed by atoms with Crippen LogP contribution in [0.3, 0.4) is 0 Å². The van der Waals surface area contributed by atoms with Crippen LogP contribution in [0, 0.1) is 6.92 Å². The number of ether oxygens (including phenoxy) is 1. The number of nitrogens with zero attached hydrogens (tertiary/aromatic N) is 7. The molecular weight excluding hydrogens is 296 g/mol. The number of aliphatic hydroxyl groups is 1. The first-order chi connectivity index (χ1) is 10.5. The molecule has 0 spiro atoms. The van der Waals surface area contributed by atoms with Crippen LogP contribution in [0.2, 0.25) is 0 Å². The van der Waals surface area contributed by atoms with Gasteiger partial charge in [0.1, 0.15) is 0 Å². The van der Waals surface area contributed by atoms with Crippen LogP contribution in [-0.4, -0.2) is 33.4 Å². The molecule has 22 heavy (non-hydrogen) atoms. The molecule has 116 valence electrons. The molecule has 12 heteroatoms. The van der Waals surface area contributed by atoms with Crippen LogP contribution in [-0.2, 0) is 10.6 Å². The maximum atomic E-state index is 12.0. The van der Waals surface area contributed by atoms with Crippen LogP contribution in [0.5, 0.6) is 0 Å². The third-order valence-electron chi connectivity index (χ3n) is 3.32. The number of azide groups is 2. The lowest BCUT2D eigenvalue weighted by Crippen LogP contribution is -2.43. The Labute approximate surface area is 122 Å². The Morgan fingerprint density at radius 1 is 1.55 bits per heavy atom. The fraction of sp³-hybridized carbons (Fsp3) is 0.600. The smallest absolute Gasteiger partial charge is 0.330 e. The molecule has 2 N–H and O–H groups in total. The monoisotopic (exact) mass is 308 g/mol. The standard InChI is InChI=1S/C10H12N8O4/c1-5-3-18(9(21)13-8(5)20)10(15-17-12)2-6(14-16-11)7(4-19)22-10/h3,6-7,19H,2,4H2,1H3,(H,13,20,21)/t6-,7+,10-/m0/s1. The van der Waals surface area contributed by atoms with Crippen molar-refractivity contribution < 1.29 is 9.84 Å². The van der Waals surface area contributed by atoms with E-state index in [1.54, 1.807) is 0 Å². The third-order valence-corrected chi connectivity index (χ3v) is 3.32. The first kappa shape index (κ1) is 15.6. The van der Waals surface area contributed by atoms with E-state index in [1.165, 1.54) is 13.1 Å². The van der Waals surface area contributed by atoms with E-state index in [-0.39, 0.29) is 12.0 Å². The molecule has 12 nitrogen and oxygen atoms in total. The summed E-state index contributed by atoms with van der Waals surface area (Å²) >= 11 is 0. The summed E-state index contributed by atoms with van der Waals surface area (Å²) < 4.78 is 6.39. The van der Waals surface area contributed by atoms with Gasteiger partial charge >= 0.3 is 5.69 Å². The van der Waals surface area contributed by atoms with Gasteiger partial charge in [-0.15, -0.1) is 0 Å². The molecule has 0 aromatic carbocycles. The first-order valence-electron chi connectivity index (χ1n) is 6.19. The van der Waals surface area contributed by atoms with Gasteiger partial charge in [-0.3, -0.25) is 14.3 Å². The molecule has 2 heterocycles. The lowest BCUT2D eigenvalue weighted by molar-refractivity contribution is -0.109. The fourth-order valence-electron chi connectivity index (χ4n) is 2.28. The Morgan fingerprint density at radius 2 is 2.27 bits per heavy atom. The fourth-order valence-corrected chi connectivity index (χ4v) is 2.28. The van der Waals surface area contributed by atoms with Crippen LogP contribution >= 0.6 is 0 Å². The summed E-state index contributed by atoms with van der Waals surface area (Å²) in [6.45, 7) is 0.964. The van der Waals surface area contributed by atoms with Gasteiger partial charge in [-0.25, -0.2) is 4.79 Å². The van der Waals surface area contributed by atoms with Gasteiger partial charge in [0.25, 0.3) is 5.56 Å². The second-order valence-electron chi connectivity index (χ2n) is 4.69. The van der Waals surface area contributed by atoms with Gasteiger partial charge in [-0.1, -0.05) is 5.11 Å². The van der Waals surface area contributed by atoms with Gasteiger partial charge in [-0.05, 0) is 23.1 Å². The molecule has 1 aromatic rings. The topological polar surface area (TPSA) is 182 Å². The molecule has 1 saturated heterocycles. The summed E-state index contributed by atoms with van der Waals surface area (Å²) in [6.07, 6.45) is 0.0843. The maximum Gasteiger partial charge on any atom is 0.330 e. The van der Waals surface area contributed by atoms with Crippen molar-refractivity contribution in [1.29, 1.82) is 0 Å². The van der Waals surface area contributed by atoms with Crippen molar-refractivity contribution in [1.82, 2.24) is 9.55 Å². The van der Waals surface area contributed by atoms with E-state index in [0.717, 1.165) is 4.57 Å². The molecule has 1 aliphatic heterocycles. The quantitative estimate of drug-likeness (QED) is 0.458. The Balaban J connectivity index is 2.63. The normalized spacial score (nSPS) is 27.0. The van der Waals surface area contributed by atoms with Crippen molar-refractivity contribution in [2.24, 2.45) is 10.2 Å². The molecule has 0 aliphatic carbocycles. The van der Waals surface area contributed by atoms with Crippen molar-refractivity contribution in [3.63, 3.8) is 0 Å². The molecular formula is C10H12N8O4. The summed E-state index contributed by atoms with van der Waals surface area (Å²) in [6, 6.07) is -0.834. The summed E-state index contributed by atoms with van der Waals surface area (Å²) in [5, 5.41) is 16.3. The summed E-state index contributed by atoms with van der Waals surface area (Å²) in [5.41, 5.74) is 16.1. The predicted octanol–water partition coefficient (Wildman–Crippen LogP) is 0.226. The molecule has 0 unspecified atom stereocenters. The van der Waals surface area contributed by atoms with Gasteiger partial charge in [0.15, 0.2) is 0 Å². The highest BCUT2D eigenvalue weighted by atomic mass is 16.6. The number of rotatable bonds is 4. The van der Waals surface area contributed by atoms with E-state index in [0.29, 0.717) is 0 Å². The molecule has 2 rings (SSSR count). The van der Waals surface area contributed by atoms with Crippen LogP contribution in [0.4, 0.5) is 0 Å². The van der Waals surface area contributed by atoms with Gasteiger partial charge in [0.2, 0.25) is 5.85 Å². The van der Waals surface area contributed by atoms with Gasteiger partial charge < -0.3 is 9.84 Å². The SMILES string of the molecule is Cc1cn([C@@]2(N=[N+]=[N-])C[C@H](N=[N+]=[N-])[C@@H](CO)O2)c(=O)[nH]c1=O. The second-order valence-corrected chi connectivity index (χ2v) is 4.69. The second kappa shape index (κ2) is 5.92. The van der Waals surface area contributed by atoms with E-state index < -0.39 is 35.9 Å². The van der Waals surface area contributed by atoms with Gasteiger partial charge in [0, 0.05) is 28.0 Å². The van der Waals surface area contributed by atoms with E-state index >= 15 is 0 Å². The van der Waals surface area contributed by atoms with Crippen LogP contribution in [0.25, 0.3) is 20.9 Å². The average molecular weight is 308 g/mol. The Kier molecular flexibility index (Phi) is 4.20. The van der Waals surface area contributed by atoms with Crippen LogP contribution < -0.4 is 11.2 Å². The number of hydrogen-bond donors (Lipinski definition) is 2. The minimum absolute atomic E-state index is 0.155. The molecule has 0 radical (unpaired) electrons. The third kappa shape index (κ3) is 2.54. The lowest BCUT2D eigenvalue weighted by atomic mass is 10.1. The van der Waals surface area contributed by atoms with Gasteiger partial charge in [0.05, 0.1) is 18.8 Å². The van der Waals surface area contributed by atoms with E-state index in [4.69, 9.17) is 15.8 Å². The van der Waals surface area contributed by atoms with Crippen LogP contribution in [0.1, 0.15) is 12.0 Å². The van der Waals surface area contributed by atoms with Gasteiger partial charge in [-0.2, -0.15) is 0 Å². The largest absolute Gasteiger partial charge is 0.394 e. The number of hydrogen-bond acceptors (Lipinski definition) is 6. The maximum absolute atomic E-state index is 12.0. The Hall–Kier alpha value is -2.78. The van der Waals surface area contributed by atoms with E-state index in [1.807, 2.05) is 0 Å². The zero-order chi connectivity index (χ0) is 16.3. The van der Waals surface area contributed by atoms with E-state index in [9.17, 15) is 14.7 Å². The minimum atomic E-state index is -1.83. The molecule has 3 atom stereocenters. The molecule has 0 bridgehead atoms. The van der Waals surface area contributed by atoms with Crippen LogP contribution in [0.15, 0.2) is 26.0 Å². The lowest BCUT2D eigenvalue weighted by Gasteiger charge is -2.26. The number of nitrogens with one attached hydrogen (secondary N) is 1. The summed E-state index contributed by atoms with van der Waals surface area (Å²) in [5.74, 6) is -1.83. The average Bonchev–Trinajstić information content (AvgIpc) is 2.82. The summed E-state index contributed by atoms with van der Waals surface area (Å²) in [4.78, 5) is 30.8. The number of aryl methyl sites for hydroxylation is 1. The zero-order valence-corrected chi connectivity index (χ0v) is 11.4. The zero-order valence-electron chi connectivity index (χ0n) is 11.4. The number of H-pyrrole nitrogens is 1. The Bertz CT molecular complexity index is 787. The Morgan fingerprint density at radius 3 is 2.86 bits per heavy atom. The van der Waals surface area contributed by atoms with Crippen molar-refractivity contribution in [3.05, 3.63) is 53.5 Å². The number of aliphatic hydroxyl groups excluding tert-OH is 1. The van der Waals surface area contributed by atoms with Crippen molar-refractivity contribution >= 4 is 0 Å². The van der Waals surface area contributed by atoms with Crippen molar-refractivity contribution in [2.45, 2.75) is 31.3 Å². The molecule has 1 fully saturated rings. The van der Waals surface area contributed by atoms with Crippen molar-refractivity contribution in [3.8, 4) is 0 Å². The number of aromatic amines is 1. The molecule has 1 aromatic heterocycles. The summed E-state index contributed by atoms with van der Waals surface area (Å²) in [7, 11) is 0. The molecule has 0 amide bonds. The van der Waals surface area contributed by atoms with Crippen molar-refractivity contribution in [2.75, 3.05) is 6.61 Å². The highest BCUT2D eigenvalue weighted by Crippen LogP contribution is 2.37. The molecule has 1 aliphatic rings. The number of aromatic nitrogens is 2. The first-order valence-corrected chi connectivity index (χ1v) is 6.19. The highest BCUT2D eigenvalue weighted by Gasteiger charge is 2.48. The predicted molar refractivity (Wildman–Crippen MR) is 72.7 cm³/mol. The van der Waals surface area contributed by atoms with E-state index in [2.05, 4.69) is 25.0 Å².